The molecule has 0 aliphatic heterocycles. The first kappa shape index (κ1) is 13.9. The summed E-state index contributed by atoms with van der Waals surface area (Å²) in [6.45, 7) is 7.92. The normalized spacial score (nSPS) is 10.5. The Bertz CT molecular complexity index is 367. The van der Waals surface area contributed by atoms with Gasteiger partial charge in [0.25, 0.3) is 0 Å². The van der Waals surface area contributed by atoms with Crippen molar-refractivity contribution < 1.29 is 4.74 Å². The van der Waals surface area contributed by atoms with E-state index in [1.807, 2.05) is 6.07 Å². The molecular weight excluding hydrogens is 234 g/mol. The van der Waals surface area contributed by atoms with E-state index in [1.54, 1.807) is 12.3 Å². The van der Waals surface area contributed by atoms with E-state index < -0.39 is 0 Å². The summed E-state index contributed by atoms with van der Waals surface area (Å²) in [7, 11) is 0. The number of thiocarbonyl (C=S) groups is 1. The van der Waals surface area contributed by atoms with Gasteiger partial charge >= 0.3 is 0 Å². The van der Waals surface area contributed by atoms with Crippen molar-refractivity contribution in [2.45, 2.75) is 13.8 Å². The van der Waals surface area contributed by atoms with Gasteiger partial charge in [-0.05, 0) is 19.2 Å². The van der Waals surface area contributed by atoms with Crippen molar-refractivity contribution in [3.63, 3.8) is 0 Å². The smallest absolute Gasteiger partial charge is 0.123 e. The lowest BCUT2D eigenvalue weighted by Gasteiger charge is -2.18. The highest BCUT2D eigenvalue weighted by molar-refractivity contribution is 7.80. The highest BCUT2D eigenvalue weighted by Crippen LogP contribution is 2.10. The minimum atomic E-state index is 0.291. The van der Waals surface area contributed by atoms with Gasteiger partial charge in [0.05, 0.1) is 0 Å². The third-order valence-corrected chi connectivity index (χ3v) is 2.76. The molecule has 4 nitrogen and oxygen atoms in total. The predicted molar refractivity (Wildman–Crippen MR) is 73.4 cm³/mol. The van der Waals surface area contributed by atoms with Crippen LogP contribution in [0.15, 0.2) is 18.3 Å². The van der Waals surface area contributed by atoms with Gasteiger partial charge in [-0.15, -0.1) is 0 Å². The van der Waals surface area contributed by atoms with Gasteiger partial charge in [-0.2, -0.15) is 0 Å². The standard InChI is InChI=1S/C12H19N3OS/c1-3-15(4-2)7-8-16-10-5-6-14-11(9-10)12(13)17/h5-6,9H,3-4,7-8H2,1-2H3,(H2,13,17). The number of rotatable bonds is 7. The molecule has 0 radical (unpaired) electrons. The van der Waals surface area contributed by atoms with E-state index in [9.17, 15) is 0 Å². The molecule has 17 heavy (non-hydrogen) atoms. The average molecular weight is 253 g/mol. The zero-order valence-electron chi connectivity index (χ0n) is 10.3. The summed E-state index contributed by atoms with van der Waals surface area (Å²) in [6.07, 6.45) is 1.65. The minimum Gasteiger partial charge on any atom is -0.492 e. The largest absolute Gasteiger partial charge is 0.492 e. The molecule has 94 valence electrons. The van der Waals surface area contributed by atoms with Gasteiger partial charge in [-0.25, -0.2) is 0 Å². The van der Waals surface area contributed by atoms with Gasteiger partial charge in [0.2, 0.25) is 0 Å². The summed E-state index contributed by atoms with van der Waals surface area (Å²) in [5.74, 6) is 0.759. The summed E-state index contributed by atoms with van der Waals surface area (Å²) in [4.78, 5) is 6.65. The SMILES string of the molecule is CCN(CC)CCOc1ccnc(C(N)=S)c1. The molecule has 0 aromatic carbocycles. The molecule has 0 saturated heterocycles. The van der Waals surface area contributed by atoms with E-state index in [1.165, 1.54) is 0 Å². The molecule has 0 atom stereocenters. The molecular formula is C12H19N3OS. The third kappa shape index (κ3) is 4.66. The van der Waals surface area contributed by atoms with Crippen LogP contribution in [-0.4, -0.2) is 41.1 Å². The second kappa shape index (κ2) is 7.19. The van der Waals surface area contributed by atoms with Crippen LogP contribution in [0.2, 0.25) is 0 Å². The van der Waals surface area contributed by atoms with Crippen molar-refractivity contribution in [1.82, 2.24) is 9.88 Å². The van der Waals surface area contributed by atoms with Crippen molar-refractivity contribution in [3.05, 3.63) is 24.0 Å². The lowest BCUT2D eigenvalue weighted by molar-refractivity contribution is 0.222. The Balaban J connectivity index is 2.46. The van der Waals surface area contributed by atoms with Crippen LogP contribution in [0.4, 0.5) is 0 Å². The maximum Gasteiger partial charge on any atom is 0.123 e. The summed E-state index contributed by atoms with van der Waals surface area (Å²) in [5.41, 5.74) is 6.11. The number of hydrogen-bond acceptors (Lipinski definition) is 4. The fraction of sp³-hybridized carbons (Fsp3) is 0.500. The van der Waals surface area contributed by atoms with Crippen LogP contribution >= 0.6 is 12.2 Å². The van der Waals surface area contributed by atoms with E-state index in [-0.39, 0.29) is 0 Å². The van der Waals surface area contributed by atoms with E-state index in [4.69, 9.17) is 22.7 Å². The molecule has 0 fully saturated rings. The molecule has 0 amide bonds. The summed E-state index contributed by atoms with van der Waals surface area (Å²) < 4.78 is 5.63. The molecule has 1 heterocycles. The van der Waals surface area contributed by atoms with E-state index in [0.29, 0.717) is 17.3 Å². The first-order chi connectivity index (χ1) is 8.17. The van der Waals surface area contributed by atoms with Crippen LogP contribution in [-0.2, 0) is 0 Å². The number of hydrogen-bond donors (Lipinski definition) is 1. The van der Waals surface area contributed by atoms with Crippen LogP contribution < -0.4 is 10.5 Å². The van der Waals surface area contributed by atoms with Crippen LogP contribution in [0.5, 0.6) is 5.75 Å². The summed E-state index contributed by atoms with van der Waals surface area (Å²) in [6, 6.07) is 3.58. The molecule has 2 N–H and O–H groups in total. The Morgan fingerprint density at radius 2 is 2.18 bits per heavy atom. The van der Waals surface area contributed by atoms with Crippen molar-refractivity contribution >= 4 is 17.2 Å². The zero-order valence-corrected chi connectivity index (χ0v) is 11.2. The van der Waals surface area contributed by atoms with Crippen LogP contribution in [0, 0.1) is 0 Å². The lowest BCUT2D eigenvalue weighted by Crippen LogP contribution is -2.27. The van der Waals surface area contributed by atoms with Crippen molar-refractivity contribution in [1.29, 1.82) is 0 Å². The number of ether oxygens (including phenoxy) is 1. The number of aromatic nitrogens is 1. The highest BCUT2D eigenvalue weighted by atomic mass is 32.1. The van der Waals surface area contributed by atoms with Gasteiger partial charge in [-0.3, -0.25) is 4.98 Å². The number of pyridine rings is 1. The maximum absolute atomic E-state index is 5.63. The van der Waals surface area contributed by atoms with Gasteiger partial charge in [0, 0.05) is 18.8 Å². The molecule has 0 unspecified atom stereocenters. The molecule has 0 bridgehead atoms. The van der Waals surface area contributed by atoms with Gasteiger partial charge in [-0.1, -0.05) is 26.1 Å². The van der Waals surface area contributed by atoms with E-state index in [0.717, 1.165) is 25.4 Å². The number of nitrogens with two attached hydrogens (primary N) is 1. The molecule has 1 aromatic heterocycles. The first-order valence-corrected chi connectivity index (χ1v) is 6.19. The van der Waals surface area contributed by atoms with E-state index >= 15 is 0 Å². The first-order valence-electron chi connectivity index (χ1n) is 5.78. The Morgan fingerprint density at radius 1 is 1.47 bits per heavy atom. The lowest BCUT2D eigenvalue weighted by atomic mass is 10.3. The second-order valence-corrected chi connectivity index (χ2v) is 4.06. The Morgan fingerprint density at radius 3 is 2.76 bits per heavy atom. The molecule has 0 aliphatic rings. The maximum atomic E-state index is 5.63. The van der Waals surface area contributed by atoms with Crippen LogP contribution in [0.3, 0.4) is 0 Å². The fourth-order valence-corrected chi connectivity index (χ4v) is 1.58. The molecule has 0 saturated carbocycles. The summed E-state index contributed by atoms with van der Waals surface area (Å²) >= 11 is 4.86. The predicted octanol–water partition coefficient (Wildman–Crippen LogP) is 1.44. The fourth-order valence-electron chi connectivity index (χ4n) is 1.47. The highest BCUT2D eigenvalue weighted by Gasteiger charge is 2.02. The van der Waals surface area contributed by atoms with Gasteiger partial charge in [0.15, 0.2) is 0 Å². The summed E-state index contributed by atoms with van der Waals surface area (Å²) in [5, 5.41) is 0. The van der Waals surface area contributed by atoms with Crippen molar-refractivity contribution in [2.75, 3.05) is 26.2 Å². The number of nitrogens with zero attached hydrogens (tertiary/aromatic N) is 2. The molecule has 1 aromatic rings. The third-order valence-electron chi connectivity index (χ3n) is 2.55. The molecule has 1 rings (SSSR count). The molecule has 0 aliphatic carbocycles. The van der Waals surface area contributed by atoms with Crippen LogP contribution in [0.25, 0.3) is 0 Å². The van der Waals surface area contributed by atoms with Crippen molar-refractivity contribution in [2.24, 2.45) is 5.73 Å². The van der Waals surface area contributed by atoms with Gasteiger partial charge < -0.3 is 15.4 Å². The monoisotopic (exact) mass is 253 g/mol. The molecule has 5 heteroatoms. The van der Waals surface area contributed by atoms with Crippen molar-refractivity contribution in [3.8, 4) is 5.75 Å². The zero-order chi connectivity index (χ0) is 12.7. The molecule has 0 spiro atoms. The Kier molecular flexibility index (Phi) is 5.86. The van der Waals surface area contributed by atoms with Crippen LogP contribution in [0.1, 0.15) is 19.5 Å². The quantitative estimate of drug-likeness (QED) is 0.745. The second-order valence-electron chi connectivity index (χ2n) is 3.62. The minimum absolute atomic E-state index is 0.291. The van der Waals surface area contributed by atoms with Gasteiger partial charge in [0.1, 0.15) is 23.0 Å². The number of likely N-dealkylation sites (N-methyl/N-ethyl adjacent to an activating group) is 1. The topological polar surface area (TPSA) is 51.4 Å². The van der Waals surface area contributed by atoms with E-state index in [2.05, 4.69) is 23.7 Å². The Hall–Kier alpha value is -1.20. The average Bonchev–Trinajstić information content (AvgIpc) is 2.35. The Labute approximate surface area is 108 Å².